The Balaban J connectivity index is 1.73. The number of hydrogen-bond donors (Lipinski definition) is 2. The molecule has 0 spiro atoms. The zero-order chi connectivity index (χ0) is 21.2. The van der Waals surface area contributed by atoms with E-state index >= 15 is 0 Å². The summed E-state index contributed by atoms with van der Waals surface area (Å²) >= 11 is 0. The van der Waals surface area contributed by atoms with Crippen molar-refractivity contribution in [3.63, 3.8) is 0 Å². The molecule has 3 rings (SSSR count). The molecule has 0 aromatic heterocycles. The van der Waals surface area contributed by atoms with Gasteiger partial charge in [0.1, 0.15) is 23.7 Å². The largest absolute Gasteiger partial charge is 0.435 e. The number of carbonyl (C=O) groups excluding carboxylic acids is 3. The Morgan fingerprint density at radius 3 is 2.45 bits per heavy atom. The standard InChI is InChI=1S/C19H16F3N3O4/c1-19(11-6-8-12(9-7-11)29-17(21)22)16(27)25(18(28)24-19)10-15(26)23-14-5-3-2-4-13(14)20/h2-9,17H,10H2,1H3,(H,23,26)(H,24,28)/t19-/m1/s1. The first-order chi connectivity index (χ1) is 13.7. The molecule has 0 radical (unpaired) electrons. The van der Waals surface area contributed by atoms with E-state index in [1.54, 1.807) is 0 Å². The van der Waals surface area contributed by atoms with Gasteiger partial charge in [-0.2, -0.15) is 8.78 Å². The van der Waals surface area contributed by atoms with Crippen molar-refractivity contribution in [1.82, 2.24) is 10.2 Å². The van der Waals surface area contributed by atoms with E-state index in [9.17, 15) is 27.6 Å². The quantitative estimate of drug-likeness (QED) is 0.721. The second-order valence-corrected chi connectivity index (χ2v) is 6.38. The number of rotatable bonds is 6. The molecule has 1 saturated heterocycles. The van der Waals surface area contributed by atoms with Crippen LogP contribution in [0.25, 0.3) is 0 Å². The number of amides is 4. The Hall–Kier alpha value is -3.56. The van der Waals surface area contributed by atoms with Crippen LogP contribution >= 0.6 is 0 Å². The Morgan fingerprint density at radius 1 is 1.17 bits per heavy atom. The molecular weight excluding hydrogens is 391 g/mol. The number of para-hydroxylation sites is 1. The van der Waals surface area contributed by atoms with Crippen LogP contribution in [0.2, 0.25) is 0 Å². The smallest absolute Gasteiger partial charge is 0.387 e. The first-order valence-electron chi connectivity index (χ1n) is 8.44. The highest BCUT2D eigenvalue weighted by atomic mass is 19.3. The summed E-state index contributed by atoms with van der Waals surface area (Å²) in [6, 6.07) is 9.84. The number of carbonyl (C=O) groups is 3. The molecule has 0 bridgehead atoms. The minimum absolute atomic E-state index is 0.0815. The fourth-order valence-corrected chi connectivity index (χ4v) is 2.90. The Kier molecular flexibility index (Phi) is 5.44. The van der Waals surface area contributed by atoms with Gasteiger partial charge in [0.15, 0.2) is 0 Å². The fourth-order valence-electron chi connectivity index (χ4n) is 2.90. The van der Waals surface area contributed by atoms with E-state index in [0.29, 0.717) is 10.5 Å². The minimum atomic E-state index is -2.99. The summed E-state index contributed by atoms with van der Waals surface area (Å²) in [7, 11) is 0. The third-order valence-electron chi connectivity index (χ3n) is 4.38. The van der Waals surface area contributed by atoms with E-state index in [1.807, 2.05) is 0 Å². The molecule has 1 atom stereocenters. The van der Waals surface area contributed by atoms with E-state index in [0.717, 1.165) is 6.07 Å². The van der Waals surface area contributed by atoms with Crippen molar-refractivity contribution in [2.75, 3.05) is 11.9 Å². The molecule has 4 amide bonds. The second-order valence-electron chi connectivity index (χ2n) is 6.38. The molecule has 2 aromatic rings. The van der Waals surface area contributed by atoms with Crippen LogP contribution in [0.1, 0.15) is 12.5 Å². The molecule has 1 fully saturated rings. The van der Waals surface area contributed by atoms with Crippen molar-refractivity contribution < 1.29 is 32.3 Å². The lowest BCUT2D eigenvalue weighted by molar-refractivity contribution is -0.133. The summed E-state index contributed by atoms with van der Waals surface area (Å²) in [6.07, 6.45) is 0. The summed E-state index contributed by atoms with van der Waals surface area (Å²) in [4.78, 5) is 37.9. The molecule has 1 aliphatic heterocycles. The molecule has 0 unspecified atom stereocenters. The maximum Gasteiger partial charge on any atom is 0.387 e. The number of imide groups is 1. The lowest BCUT2D eigenvalue weighted by Crippen LogP contribution is -2.42. The van der Waals surface area contributed by atoms with E-state index in [1.165, 1.54) is 49.4 Å². The SMILES string of the molecule is C[C@]1(c2ccc(OC(F)F)cc2)NC(=O)N(CC(=O)Nc2ccccc2F)C1=O. The van der Waals surface area contributed by atoms with Crippen LogP contribution in [0.5, 0.6) is 5.75 Å². The highest BCUT2D eigenvalue weighted by molar-refractivity contribution is 6.10. The van der Waals surface area contributed by atoms with E-state index in [2.05, 4.69) is 15.4 Å². The zero-order valence-corrected chi connectivity index (χ0v) is 15.1. The van der Waals surface area contributed by atoms with Crippen LogP contribution in [-0.4, -0.2) is 35.9 Å². The zero-order valence-electron chi connectivity index (χ0n) is 15.1. The summed E-state index contributed by atoms with van der Waals surface area (Å²) in [5.41, 5.74) is -1.27. The summed E-state index contributed by atoms with van der Waals surface area (Å²) in [6.45, 7) is -2.20. The molecule has 29 heavy (non-hydrogen) atoms. The number of anilines is 1. The highest BCUT2D eigenvalue weighted by Crippen LogP contribution is 2.30. The summed E-state index contributed by atoms with van der Waals surface area (Å²) < 4.78 is 42.4. The molecule has 1 aliphatic rings. The van der Waals surface area contributed by atoms with Crippen LogP contribution in [0.15, 0.2) is 48.5 Å². The molecule has 7 nitrogen and oxygen atoms in total. The molecule has 0 aliphatic carbocycles. The molecule has 2 N–H and O–H groups in total. The van der Waals surface area contributed by atoms with Crippen LogP contribution in [0.4, 0.5) is 23.7 Å². The van der Waals surface area contributed by atoms with Gasteiger partial charge in [0.2, 0.25) is 5.91 Å². The van der Waals surface area contributed by atoms with Gasteiger partial charge in [-0.1, -0.05) is 24.3 Å². The number of nitrogens with one attached hydrogen (secondary N) is 2. The molecule has 1 heterocycles. The molecule has 152 valence electrons. The average Bonchev–Trinajstić information content (AvgIpc) is 2.88. The van der Waals surface area contributed by atoms with Gasteiger partial charge in [0.05, 0.1) is 5.69 Å². The Morgan fingerprint density at radius 2 is 1.83 bits per heavy atom. The number of urea groups is 1. The Bertz CT molecular complexity index is 952. The van der Waals surface area contributed by atoms with Crippen LogP contribution in [0.3, 0.4) is 0 Å². The van der Waals surface area contributed by atoms with Gasteiger partial charge in [-0.25, -0.2) is 9.18 Å². The monoisotopic (exact) mass is 407 g/mol. The van der Waals surface area contributed by atoms with E-state index in [4.69, 9.17) is 0 Å². The van der Waals surface area contributed by atoms with Gasteiger partial charge < -0.3 is 15.4 Å². The van der Waals surface area contributed by atoms with Gasteiger partial charge in [0.25, 0.3) is 5.91 Å². The molecule has 0 saturated carbocycles. The number of hydrogen-bond acceptors (Lipinski definition) is 4. The number of ether oxygens (including phenoxy) is 1. The molecular formula is C19H16F3N3O4. The van der Waals surface area contributed by atoms with Gasteiger partial charge in [-0.3, -0.25) is 14.5 Å². The number of nitrogens with zero attached hydrogens (tertiary/aromatic N) is 1. The van der Waals surface area contributed by atoms with Crippen molar-refractivity contribution in [3.8, 4) is 5.75 Å². The maximum absolute atomic E-state index is 13.6. The molecule has 10 heteroatoms. The summed E-state index contributed by atoms with van der Waals surface area (Å²) in [5, 5.41) is 4.78. The number of halogens is 3. The highest BCUT2D eigenvalue weighted by Gasteiger charge is 2.49. The first-order valence-corrected chi connectivity index (χ1v) is 8.44. The van der Waals surface area contributed by atoms with Crippen molar-refractivity contribution in [1.29, 1.82) is 0 Å². The van der Waals surface area contributed by atoms with Crippen LogP contribution < -0.4 is 15.4 Å². The minimum Gasteiger partial charge on any atom is -0.435 e. The maximum atomic E-state index is 13.6. The topological polar surface area (TPSA) is 87.7 Å². The lowest BCUT2D eigenvalue weighted by Gasteiger charge is -2.22. The third kappa shape index (κ3) is 4.15. The van der Waals surface area contributed by atoms with E-state index in [-0.39, 0.29) is 11.4 Å². The van der Waals surface area contributed by atoms with E-state index < -0.39 is 42.4 Å². The average molecular weight is 407 g/mol. The third-order valence-corrected chi connectivity index (χ3v) is 4.38. The van der Waals surface area contributed by atoms with Crippen molar-refractivity contribution in [2.45, 2.75) is 19.1 Å². The number of benzene rings is 2. The number of alkyl halides is 2. The first kappa shape index (κ1) is 20.2. The van der Waals surface area contributed by atoms with Crippen molar-refractivity contribution in [3.05, 3.63) is 59.9 Å². The summed E-state index contributed by atoms with van der Waals surface area (Å²) in [5.74, 6) is -2.24. The predicted octanol–water partition coefficient (Wildman–Crippen LogP) is 2.83. The van der Waals surface area contributed by atoms with Crippen LogP contribution in [-0.2, 0) is 15.1 Å². The van der Waals surface area contributed by atoms with Crippen LogP contribution in [0, 0.1) is 5.82 Å². The van der Waals surface area contributed by atoms with Gasteiger partial charge in [0, 0.05) is 0 Å². The lowest BCUT2D eigenvalue weighted by atomic mass is 9.92. The van der Waals surface area contributed by atoms with Crippen molar-refractivity contribution in [2.24, 2.45) is 0 Å². The second kappa shape index (κ2) is 7.82. The fraction of sp³-hybridized carbons (Fsp3) is 0.211. The Labute approximate surface area is 163 Å². The molecule has 2 aromatic carbocycles. The van der Waals surface area contributed by atoms with Crippen molar-refractivity contribution >= 4 is 23.5 Å². The van der Waals surface area contributed by atoms with Gasteiger partial charge in [-0.15, -0.1) is 0 Å². The van der Waals surface area contributed by atoms with Gasteiger partial charge in [-0.05, 0) is 36.8 Å². The predicted molar refractivity (Wildman–Crippen MR) is 95.7 cm³/mol. The normalized spacial score (nSPS) is 18.7. The van der Waals surface area contributed by atoms with Gasteiger partial charge >= 0.3 is 12.6 Å².